The van der Waals surface area contributed by atoms with Crippen LogP contribution in [0.5, 0.6) is 0 Å². The molecule has 4 nitrogen and oxygen atoms in total. The van der Waals surface area contributed by atoms with Crippen LogP contribution in [0.15, 0.2) is 18.2 Å². The second-order valence-corrected chi connectivity index (χ2v) is 5.45. The highest BCUT2D eigenvalue weighted by molar-refractivity contribution is 5.47. The molecule has 0 spiro atoms. The van der Waals surface area contributed by atoms with Gasteiger partial charge in [-0.1, -0.05) is 13.0 Å². The van der Waals surface area contributed by atoms with Crippen LogP contribution in [0, 0.1) is 0 Å². The van der Waals surface area contributed by atoms with E-state index in [1.165, 1.54) is 25.9 Å². The van der Waals surface area contributed by atoms with E-state index in [9.17, 15) is 0 Å². The van der Waals surface area contributed by atoms with Gasteiger partial charge in [0, 0.05) is 19.6 Å². The molecule has 0 aromatic carbocycles. The highest BCUT2D eigenvalue weighted by atomic mass is 15.2. The first-order valence-electron chi connectivity index (χ1n) is 7.33. The number of piperidine rings is 1. The van der Waals surface area contributed by atoms with Gasteiger partial charge in [0.2, 0.25) is 0 Å². The normalized spacial score (nSPS) is 17.4. The van der Waals surface area contributed by atoms with Gasteiger partial charge in [0.25, 0.3) is 0 Å². The van der Waals surface area contributed by atoms with E-state index < -0.39 is 0 Å². The Labute approximate surface area is 116 Å². The number of pyridine rings is 1. The van der Waals surface area contributed by atoms with Crippen LogP contribution in [0.2, 0.25) is 0 Å². The van der Waals surface area contributed by atoms with Crippen molar-refractivity contribution in [3.05, 3.63) is 18.2 Å². The molecule has 0 aliphatic carbocycles. The minimum absolute atomic E-state index is 0.616. The van der Waals surface area contributed by atoms with Gasteiger partial charge in [-0.2, -0.15) is 0 Å². The van der Waals surface area contributed by atoms with Crippen LogP contribution in [0.4, 0.5) is 11.6 Å². The lowest BCUT2D eigenvalue weighted by Crippen LogP contribution is -2.42. The summed E-state index contributed by atoms with van der Waals surface area (Å²) in [5.74, 6) is 2.06. The Morgan fingerprint density at radius 1 is 1.37 bits per heavy atom. The van der Waals surface area contributed by atoms with E-state index >= 15 is 0 Å². The predicted molar refractivity (Wildman–Crippen MR) is 81.9 cm³/mol. The van der Waals surface area contributed by atoms with Crippen molar-refractivity contribution in [3.8, 4) is 0 Å². The maximum absolute atomic E-state index is 4.71. The van der Waals surface area contributed by atoms with Crippen LogP contribution >= 0.6 is 0 Å². The Morgan fingerprint density at radius 3 is 2.79 bits per heavy atom. The minimum atomic E-state index is 0.616. The summed E-state index contributed by atoms with van der Waals surface area (Å²) < 4.78 is 0. The van der Waals surface area contributed by atoms with Gasteiger partial charge in [0.05, 0.1) is 0 Å². The number of hydrogen-bond donors (Lipinski definition) is 1. The first-order chi connectivity index (χ1) is 9.20. The lowest BCUT2D eigenvalue weighted by atomic mass is 10.0. The second-order valence-electron chi connectivity index (χ2n) is 5.45. The van der Waals surface area contributed by atoms with Crippen molar-refractivity contribution >= 4 is 11.6 Å². The molecule has 0 amide bonds. The number of anilines is 2. The molecule has 0 bridgehead atoms. The largest absolute Gasteiger partial charge is 0.370 e. The number of hydrogen-bond acceptors (Lipinski definition) is 4. The number of nitrogens with zero attached hydrogens (tertiary/aromatic N) is 3. The van der Waals surface area contributed by atoms with Crippen LogP contribution in [0.25, 0.3) is 0 Å². The van der Waals surface area contributed by atoms with Crippen LogP contribution in [-0.2, 0) is 0 Å². The van der Waals surface area contributed by atoms with Crippen LogP contribution in [-0.4, -0.2) is 49.7 Å². The Bertz CT molecular complexity index is 385. The molecular weight excluding hydrogens is 236 g/mol. The molecule has 19 heavy (non-hydrogen) atoms. The number of aromatic nitrogens is 1. The zero-order valence-electron chi connectivity index (χ0n) is 12.4. The van der Waals surface area contributed by atoms with Gasteiger partial charge in [0.15, 0.2) is 0 Å². The summed E-state index contributed by atoms with van der Waals surface area (Å²) >= 11 is 0. The van der Waals surface area contributed by atoms with E-state index in [1.54, 1.807) is 0 Å². The lowest BCUT2D eigenvalue weighted by Gasteiger charge is -2.35. The molecular formula is C15H26N4. The first-order valence-corrected chi connectivity index (χ1v) is 7.33. The topological polar surface area (TPSA) is 31.4 Å². The monoisotopic (exact) mass is 262 g/mol. The van der Waals surface area contributed by atoms with Crippen molar-refractivity contribution in [3.63, 3.8) is 0 Å². The van der Waals surface area contributed by atoms with Crippen molar-refractivity contribution in [2.24, 2.45) is 0 Å². The molecule has 2 rings (SSSR count). The fraction of sp³-hybridized carbons (Fsp3) is 0.667. The quantitative estimate of drug-likeness (QED) is 0.883. The minimum Gasteiger partial charge on any atom is -0.370 e. The first kappa shape index (κ1) is 14.1. The van der Waals surface area contributed by atoms with E-state index in [0.29, 0.717) is 6.04 Å². The summed E-state index contributed by atoms with van der Waals surface area (Å²) in [5, 5.41) is 3.35. The van der Waals surface area contributed by atoms with E-state index in [-0.39, 0.29) is 0 Å². The molecule has 4 heteroatoms. The third-order valence-electron chi connectivity index (χ3n) is 3.89. The van der Waals surface area contributed by atoms with E-state index in [2.05, 4.69) is 48.3 Å². The maximum atomic E-state index is 4.71. The van der Waals surface area contributed by atoms with Crippen molar-refractivity contribution in [1.29, 1.82) is 0 Å². The van der Waals surface area contributed by atoms with E-state index in [4.69, 9.17) is 4.98 Å². The maximum Gasteiger partial charge on any atom is 0.130 e. The van der Waals surface area contributed by atoms with E-state index in [1.807, 2.05) is 6.07 Å². The average molecular weight is 262 g/mol. The predicted octanol–water partition coefficient (Wildman–Crippen LogP) is 2.43. The molecule has 1 aromatic heterocycles. The van der Waals surface area contributed by atoms with Gasteiger partial charge in [-0.25, -0.2) is 4.98 Å². The van der Waals surface area contributed by atoms with Crippen LogP contribution in [0.1, 0.15) is 26.2 Å². The fourth-order valence-electron chi connectivity index (χ4n) is 2.54. The summed E-state index contributed by atoms with van der Waals surface area (Å²) in [7, 11) is 4.37. The fourth-order valence-corrected chi connectivity index (χ4v) is 2.54. The zero-order valence-corrected chi connectivity index (χ0v) is 12.4. The van der Waals surface area contributed by atoms with Crippen molar-refractivity contribution < 1.29 is 0 Å². The van der Waals surface area contributed by atoms with Gasteiger partial charge < -0.3 is 15.1 Å². The summed E-state index contributed by atoms with van der Waals surface area (Å²) in [5.41, 5.74) is 0. The molecule has 0 atom stereocenters. The molecule has 1 N–H and O–H groups in total. The lowest BCUT2D eigenvalue weighted by molar-refractivity contribution is 0.252. The molecule has 1 aliphatic heterocycles. The molecule has 1 aliphatic rings. The average Bonchev–Trinajstić information content (AvgIpc) is 2.45. The molecule has 2 heterocycles. The summed E-state index contributed by atoms with van der Waals surface area (Å²) in [6, 6.07) is 6.85. The van der Waals surface area contributed by atoms with Crippen molar-refractivity contribution in [2.45, 2.75) is 32.2 Å². The smallest absolute Gasteiger partial charge is 0.130 e. The Morgan fingerprint density at radius 2 is 2.11 bits per heavy atom. The van der Waals surface area contributed by atoms with Gasteiger partial charge >= 0.3 is 0 Å². The Hall–Kier alpha value is -1.29. The number of likely N-dealkylation sites (tertiary alicyclic amines) is 1. The third-order valence-corrected chi connectivity index (χ3v) is 3.89. The summed E-state index contributed by atoms with van der Waals surface area (Å²) in [6.07, 6.45) is 3.57. The van der Waals surface area contributed by atoms with Crippen molar-refractivity contribution in [2.75, 3.05) is 43.9 Å². The zero-order chi connectivity index (χ0) is 13.7. The van der Waals surface area contributed by atoms with Crippen LogP contribution < -0.4 is 10.2 Å². The molecule has 106 valence electrons. The highest BCUT2D eigenvalue weighted by Gasteiger charge is 2.21. The molecule has 1 fully saturated rings. The van der Waals surface area contributed by atoms with Gasteiger partial charge in [-0.15, -0.1) is 0 Å². The summed E-state index contributed by atoms with van der Waals surface area (Å²) in [4.78, 5) is 9.44. The standard InChI is InChI=1S/C15H26N4/c1-4-10-16-14-6-5-7-15(17-14)19(3)13-8-11-18(2)12-9-13/h5-7,13H,4,8-12H2,1-3H3,(H,16,17). The SMILES string of the molecule is CCCNc1cccc(N(C)C2CCN(C)CC2)n1. The van der Waals surface area contributed by atoms with E-state index in [0.717, 1.165) is 24.6 Å². The highest BCUT2D eigenvalue weighted by Crippen LogP contribution is 2.21. The Kier molecular flexibility index (Phi) is 5.02. The Balaban J connectivity index is 1.99. The van der Waals surface area contributed by atoms with Gasteiger partial charge in [-0.05, 0) is 51.5 Å². The van der Waals surface area contributed by atoms with Crippen LogP contribution in [0.3, 0.4) is 0 Å². The van der Waals surface area contributed by atoms with Gasteiger partial charge in [0.1, 0.15) is 11.6 Å². The molecule has 0 saturated carbocycles. The molecule has 1 aromatic rings. The molecule has 0 unspecified atom stereocenters. The summed E-state index contributed by atoms with van der Waals surface area (Å²) in [6.45, 7) is 5.52. The van der Waals surface area contributed by atoms with Gasteiger partial charge in [-0.3, -0.25) is 0 Å². The second kappa shape index (κ2) is 6.75. The van der Waals surface area contributed by atoms with Crippen molar-refractivity contribution in [1.82, 2.24) is 9.88 Å². The molecule has 0 radical (unpaired) electrons. The third kappa shape index (κ3) is 3.83. The number of rotatable bonds is 5. The number of nitrogens with one attached hydrogen (secondary N) is 1. The molecule has 1 saturated heterocycles.